The summed E-state index contributed by atoms with van der Waals surface area (Å²) in [5.41, 5.74) is 2.99. The molecule has 1 aliphatic heterocycles. The normalized spacial score (nSPS) is 16.5. The quantitative estimate of drug-likeness (QED) is 0.906. The van der Waals surface area contributed by atoms with Crippen LogP contribution in [0.4, 0.5) is 14.9 Å². The fraction of sp³-hybridized carbons (Fsp3) is 0.533. The molecule has 7 heteroatoms. The van der Waals surface area contributed by atoms with Gasteiger partial charge >= 0.3 is 6.09 Å². The molecular weight excluding hydrogens is 309 g/mol. The summed E-state index contributed by atoms with van der Waals surface area (Å²) in [6, 6.07) is 4.78. The van der Waals surface area contributed by atoms with Crippen molar-refractivity contribution in [2.45, 2.75) is 26.4 Å². The summed E-state index contributed by atoms with van der Waals surface area (Å²) < 4.78 is 18.7. The number of nitrogens with zero attached hydrogens (tertiary/aromatic N) is 2. The zero-order valence-electron chi connectivity index (χ0n) is 13.0. The van der Waals surface area contributed by atoms with Crippen molar-refractivity contribution in [2.24, 2.45) is 0 Å². The second-order valence-electron chi connectivity index (χ2n) is 6.19. The molecule has 0 atom stereocenters. The van der Waals surface area contributed by atoms with E-state index in [0.717, 1.165) is 5.69 Å². The third-order valence-corrected chi connectivity index (χ3v) is 3.50. The summed E-state index contributed by atoms with van der Waals surface area (Å²) in [5.74, 6) is -0.423. The monoisotopic (exact) mass is 329 g/mol. The maximum absolute atomic E-state index is 13.5. The van der Waals surface area contributed by atoms with Gasteiger partial charge in [0, 0.05) is 31.9 Å². The number of nitrogens with one attached hydrogen (secondary N) is 1. The second-order valence-corrected chi connectivity index (χ2v) is 6.59. The molecule has 1 saturated heterocycles. The number of piperazine rings is 1. The van der Waals surface area contributed by atoms with Gasteiger partial charge in [-0.2, -0.15) is 0 Å². The van der Waals surface area contributed by atoms with E-state index < -0.39 is 17.5 Å². The lowest BCUT2D eigenvalue weighted by Gasteiger charge is -2.36. The van der Waals surface area contributed by atoms with Crippen molar-refractivity contribution in [2.75, 3.05) is 31.1 Å². The van der Waals surface area contributed by atoms with E-state index in [1.807, 2.05) is 25.7 Å². The van der Waals surface area contributed by atoms with E-state index >= 15 is 0 Å². The van der Waals surface area contributed by atoms with Gasteiger partial charge in [-0.05, 0) is 39.0 Å². The van der Waals surface area contributed by atoms with Crippen molar-refractivity contribution in [1.29, 1.82) is 0 Å². The smallest absolute Gasteiger partial charge is 0.422 e. The number of hydrogen-bond acceptors (Lipinski definition) is 4. The summed E-state index contributed by atoms with van der Waals surface area (Å²) >= 11 is 5.69. The fourth-order valence-electron chi connectivity index (χ4n) is 2.19. The van der Waals surface area contributed by atoms with Crippen LogP contribution in [-0.2, 0) is 4.74 Å². The van der Waals surface area contributed by atoms with Crippen LogP contribution in [0.1, 0.15) is 20.8 Å². The minimum atomic E-state index is -0.521. The van der Waals surface area contributed by atoms with Crippen molar-refractivity contribution < 1.29 is 13.9 Å². The highest BCUT2D eigenvalue weighted by atomic mass is 35.5. The molecule has 1 heterocycles. The van der Waals surface area contributed by atoms with E-state index in [4.69, 9.17) is 16.3 Å². The average molecular weight is 330 g/mol. The highest BCUT2D eigenvalue weighted by Crippen LogP contribution is 2.22. The number of anilines is 1. The number of benzene rings is 1. The zero-order valence-corrected chi connectivity index (χ0v) is 13.8. The summed E-state index contributed by atoms with van der Waals surface area (Å²) in [6.07, 6.45) is -0.460. The van der Waals surface area contributed by atoms with Gasteiger partial charge in [0.1, 0.15) is 11.4 Å². The Bertz CT molecular complexity index is 540. The van der Waals surface area contributed by atoms with E-state index in [-0.39, 0.29) is 5.02 Å². The first-order chi connectivity index (χ1) is 10.2. The van der Waals surface area contributed by atoms with Crippen LogP contribution in [0.3, 0.4) is 0 Å². The Balaban J connectivity index is 1.85. The molecule has 0 aromatic heterocycles. The van der Waals surface area contributed by atoms with Crippen LogP contribution in [0.2, 0.25) is 5.02 Å². The Morgan fingerprint density at radius 2 is 1.91 bits per heavy atom. The van der Waals surface area contributed by atoms with Crippen LogP contribution < -0.4 is 10.3 Å². The van der Waals surface area contributed by atoms with E-state index in [1.165, 1.54) is 6.07 Å². The zero-order chi connectivity index (χ0) is 16.3. The van der Waals surface area contributed by atoms with Crippen LogP contribution in [0.25, 0.3) is 0 Å². The van der Waals surface area contributed by atoms with Crippen molar-refractivity contribution in [3.63, 3.8) is 0 Å². The molecular formula is C15H21ClFN3O2. The largest absolute Gasteiger partial charge is 0.443 e. The summed E-state index contributed by atoms with van der Waals surface area (Å²) in [5, 5.41) is 1.92. The standard InChI is InChI=1S/C15H21ClFN3O2/c1-15(2,3)22-14(21)18-20-8-6-19(7-9-20)11-4-5-12(16)13(17)10-11/h4-5,10H,6-9H2,1-3H3,(H,18,21). The lowest BCUT2D eigenvalue weighted by atomic mass is 10.2. The highest BCUT2D eigenvalue weighted by Gasteiger charge is 2.22. The topological polar surface area (TPSA) is 44.8 Å². The van der Waals surface area contributed by atoms with Gasteiger partial charge in [0.05, 0.1) is 5.02 Å². The first-order valence-corrected chi connectivity index (χ1v) is 7.57. The number of ether oxygens (including phenoxy) is 1. The third kappa shape index (κ3) is 4.74. The summed E-state index contributed by atoms with van der Waals surface area (Å²) in [6.45, 7) is 8.07. The van der Waals surface area contributed by atoms with E-state index in [9.17, 15) is 9.18 Å². The molecule has 0 bridgehead atoms. The van der Waals surface area contributed by atoms with Gasteiger partial charge in [-0.1, -0.05) is 11.6 Å². The van der Waals surface area contributed by atoms with E-state index in [2.05, 4.69) is 5.43 Å². The van der Waals surface area contributed by atoms with Crippen LogP contribution in [0.5, 0.6) is 0 Å². The number of amides is 1. The predicted molar refractivity (Wildman–Crippen MR) is 84.6 cm³/mol. The van der Waals surface area contributed by atoms with Gasteiger partial charge in [0.15, 0.2) is 0 Å². The van der Waals surface area contributed by atoms with Crippen LogP contribution in [0, 0.1) is 5.82 Å². The molecule has 1 aromatic carbocycles. The Morgan fingerprint density at radius 3 is 2.45 bits per heavy atom. The first-order valence-electron chi connectivity index (χ1n) is 7.19. The minimum absolute atomic E-state index is 0.119. The number of hydrogen-bond donors (Lipinski definition) is 1. The van der Waals surface area contributed by atoms with Crippen LogP contribution >= 0.6 is 11.6 Å². The first kappa shape index (κ1) is 16.8. The Kier molecular flexibility index (Phi) is 5.13. The Labute approximate surface area is 134 Å². The molecule has 122 valence electrons. The molecule has 1 aliphatic rings. The van der Waals surface area contributed by atoms with Crippen molar-refractivity contribution in [3.8, 4) is 0 Å². The lowest BCUT2D eigenvalue weighted by molar-refractivity contribution is 0.0321. The Hall–Kier alpha value is -1.53. The van der Waals surface area contributed by atoms with Gasteiger partial charge in [-0.25, -0.2) is 14.2 Å². The van der Waals surface area contributed by atoms with E-state index in [0.29, 0.717) is 26.2 Å². The second kappa shape index (κ2) is 6.71. The fourth-order valence-corrected chi connectivity index (χ4v) is 2.31. The number of hydrazine groups is 1. The maximum Gasteiger partial charge on any atom is 0.422 e. The molecule has 0 unspecified atom stereocenters. The molecule has 2 rings (SSSR count). The van der Waals surface area contributed by atoms with Crippen molar-refractivity contribution in [1.82, 2.24) is 10.4 Å². The molecule has 1 fully saturated rings. The molecule has 1 amide bonds. The SMILES string of the molecule is CC(C)(C)OC(=O)NN1CCN(c2ccc(Cl)c(F)c2)CC1. The van der Waals surface area contributed by atoms with Gasteiger partial charge < -0.3 is 9.64 Å². The number of carbonyl (C=O) groups is 1. The molecule has 22 heavy (non-hydrogen) atoms. The number of rotatable bonds is 2. The molecule has 1 aromatic rings. The predicted octanol–water partition coefficient (Wildman–Crippen LogP) is 3.04. The highest BCUT2D eigenvalue weighted by molar-refractivity contribution is 6.30. The number of carbonyl (C=O) groups excluding carboxylic acids is 1. The van der Waals surface area contributed by atoms with Crippen molar-refractivity contribution in [3.05, 3.63) is 29.0 Å². The molecule has 0 saturated carbocycles. The average Bonchev–Trinajstić information content (AvgIpc) is 2.40. The van der Waals surface area contributed by atoms with Gasteiger partial charge in [-0.15, -0.1) is 0 Å². The lowest BCUT2D eigenvalue weighted by Crippen LogP contribution is -2.54. The van der Waals surface area contributed by atoms with E-state index in [1.54, 1.807) is 17.1 Å². The molecule has 5 nitrogen and oxygen atoms in total. The van der Waals surface area contributed by atoms with Crippen LogP contribution in [0.15, 0.2) is 18.2 Å². The Morgan fingerprint density at radius 1 is 1.27 bits per heavy atom. The minimum Gasteiger partial charge on any atom is -0.443 e. The molecule has 0 radical (unpaired) electrons. The van der Waals surface area contributed by atoms with Gasteiger partial charge in [0.2, 0.25) is 0 Å². The summed E-state index contributed by atoms with van der Waals surface area (Å²) in [4.78, 5) is 13.8. The summed E-state index contributed by atoms with van der Waals surface area (Å²) in [7, 11) is 0. The maximum atomic E-state index is 13.5. The van der Waals surface area contributed by atoms with Crippen LogP contribution in [-0.4, -0.2) is 42.9 Å². The third-order valence-electron chi connectivity index (χ3n) is 3.20. The molecule has 1 N–H and O–H groups in total. The van der Waals surface area contributed by atoms with Crippen molar-refractivity contribution >= 4 is 23.4 Å². The molecule has 0 spiro atoms. The number of halogens is 2. The molecule has 0 aliphatic carbocycles. The van der Waals surface area contributed by atoms with Gasteiger partial charge in [0.25, 0.3) is 0 Å². The van der Waals surface area contributed by atoms with Gasteiger partial charge in [-0.3, -0.25) is 5.43 Å².